The molecule has 0 radical (unpaired) electrons. The molecule has 1 fully saturated rings. The van der Waals surface area contributed by atoms with Crippen molar-refractivity contribution >= 4 is 11.8 Å². The smallest absolute Gasteiger partial charge is 0.248 e. The Bertz CT molecular complexity index is 866. The number of benzene rings is 1. The molecule has 2 amide bonds. The first-order valence-corrected chi connectivity index (χ1v) is 9.73. The van der Waals surface area contributed by atoms with Crippen LogP contribution in [0, 0.1) is 0 Å². The molecule has 3 heterocycles. The van der Waals surface area contributed by atoms with Crippen molar-refractivity contribution in [2.24, 2.45) is 0 Å². The molecule has 2 aliphatic heterocycles. The summed E-state index contributed by atoms with van der Waals surface area (Å²) in [7, 11) is 0. The Morgan fingerprint density at radius 1 is 1.29 bits per heavy atom. The Labute approximate surface area is 163 Å². The van der Waals surface area contributed by atoms with Gasteiger partial charge in [0, 0.05) is 31.6 Å². The van der Waals surface area contributed by atoms with E-state index >= 15 is 0 Å². The van der Waals surface area contributed by atoms with Crippen LogP contribution in [0.4, 0.5) is 0 Å². The van der Waals surface area contributed by atoms with Gasteiger partial charge in [0.05, 0.1) is 6.61 Å². The first-order valence-electron chi connectivity index (χ1n) is 9.73. The molecular formula is C20H25N5O3. The van der Waals surface area contributed by atoms with Crippen LogP contribution in [0.15, 0.2) is 30.3 Å². The van der Waals surface area contributed by atoms with Crippen LogP contribution in [-0.4, -0.2) is 57.7 Å². The van der Waals surface area contributed by atoms with Crippen LogP contribution in [0.2, 0.25) is 0 Å². The molecule has 1 atom stereocenters. The quantitative estimate of drug-likeness (QED) is 0.760. The second-order valence-electron chi connectivity index (χ2n) is 7.50. The maximum Gasteiger partial charge on any atom is 0.248 e. The van der Waals surface area contributed by atoms with Gasteiger partial charge in [0.1, 0.15) is 12.1 Å². The number of fused-ring (bicyclic) bond motifs is 1. The highest BCUT2D eigenvalue weighted by molar-refractivity contribution is 5.85. The highest BCUT2D eigenvalue weighted by Gasteiger charge is 2.42. The van der Waals surface area contributed by atoms with E-state index in [9.17, 15) is 9.59 Å². The van der Waals surface area contributed by atoms with E-state index in [0.717, 1.165) is 24.9 Å². The molecule has 1 N–H and O–H groups in total. The molecule has 4 rings (SSSR count). The minimum absolute atomic E-state index is 0.127. The van der Waals surface area contributed by atoms with Gasteiger partial charge in [-0.2, -0.15) is 0 Å². The van der Waals surface area contributed by atoms with Crippen molar-refractivity contribution in [3.8, 4) is 11.4 Å². The number of nitrogens with one attached hydrogen (secondary N) is 1. The average Bonchev–Trinajstić information content (AvgIpc) is 3.33. The summed E-state index contributed by atoms with van der Waals surface area (Å²) in [4.78, 5) is 26.6. The topological polar surface area (TPSA) is 89.3 Å². The van der Waals surface area contributed by atoms with Crippen molar-refractivity contribution in [2.45, 2.75) is 38.3 Å². The Hall–Kier alpha value is -2.74. The summed E-state index contributed by atoms with van der Waals surface area (Å²) in [6, 6.07) is 9.73. The first kappa shape index (κ1) is 18.6. The number of amides is 2. The third-order valence-corrected chi connectivity index (χ3v) is 5.42. The first-order chi connectivity index (χ1) is 13.6. The molecule has 1 unspecified atom stereocenters. The lowest BCUT2D eigenvalue weighted by atomic mass is 9.99. The SMILES string of the molecule is CC1(C(=O)NCCCN2CCCC2=O)COCc2nnc(-c3ccccc3)n21. The van der Waals surface area contributed by atoms with Gasteiger partial charge in [-0.15, -0.1) is 10.2 Å². The molecule has 0 bridgehead atoms. The highest BCUT2D eigenvalue weighted by atomic mass is 16.5. The highest BCUT2D eigenvalue weighted by Crippen LogP contribution is 2.30. The summed E-state index contributed by atoms with van der Waals surface area (Å²) in [6.07, 6.45) is 2.30. The van der Waals surface area contributed by atoms with Crippen LogP contribution in [-0.2, 0) is 26.5 Å². The van der Waals surface area contributed by atoms with E-state index in [1.54, 1.807) is 0 Å². The van der Waals surface area contributed by atoms with E-state index < -0.39 is 5.54 Å². The lowest BCUT2D eigenvalue weighted by Crippen LogP contribution is -2.53. The van der Waals surface area contributed by atoms with Gasteiger partial charge in [0.25, 0.3) is 0 Å². The standard InChI is InChI=1S/C20H25N5O3/c1-20(19(27)21-10-6-12-24-11-5-9-17(24)26)14-28-13-16-22-23-18(25(16)20)15-7-3-2-4-8-15/h2-4,7-8H,5-6,9-14H2,1H3,(H,21,27). The molecule has 2 aliphatic rings. The number of carbonyl (C=O) groups is 2. The van der Waals surface area contributed by atoms with E-state index in [2.05, 4.69) is 15.5 Å². The van der Waals surface area contributed by atoms with E-state index in [1.807, 2.05) is 46.7 Å². The summed E-state index contributed by atoms with van der Waals surface area (Å²) in [6.45, 7) is 4.46. The molecule has 1 aromatic carbocycles. The van der Waals surface area contributed by atoms with Crippen molar-refractivity contribution in [3.05, 3.63) is 36.2 Å². The Morgan fingerprint density at radius 3 is 2.86 bits per heavy atom. The molecule has 0 spiro atoms. The lowest BCUT2D eigenvalue weighted by molar-refractivity contribution is -0.135. The number of rotatable bonds is 6. The van der Waals surface area contributed by atoms with E-state index in [4.69, 9.17) is 4.74 Å². The van der Waals surface area contributed by atoms with Gasteiger partial charge in [-0.25, -0.2) is 0 Å². The molecule has 28 heavy (non-hydrogen) atoms. The normalized spacial score (nSPS) is 21.6. The second-order valence-corrected chi connectivity index (χ2v) is 7.50. The second kappa shape index (κ2) is 7.71. The monoisotopic (exact) mass is 383 g/mol. The van der Waals surface area contributed by atoms with Crippen molar-refractivity contribution in [3.63, 3.8) is 0 Å². The molecule has 1 aromatic heterocycles. The van der Waals surface area contributed by atoms with Gasteiger partial charge in [-0.1, -0.05) is 30.3 Å². The van der Waals surface area contributed by atoms with Crippen LogP contribution >= 0.6 is 0 Å². The summed E-state index contributed by atoms with van der Waals surface area (Å²) in [5.74, 6) is 1.39. The largest absolute Gasteiger partial charge is 0.370 e. The number of aromatic nitrogens is 3. The Kier molecular flexibility index (Phi) is 5.13. The fraction of sp³-hybridized carbons (Fsp3) is 0.500. The van der Waals surface area contributed by atoms with Crippen LogP contribution in [0.25, 0.3) is 11.4 Å². The maximum absolute atomic E-state index is 13.1. The minimum Gasteiger partial charge on any atom is -0.370 e. The van der Waals surface area contributed by atoms with E-state index in [1.165, 1.54) is 0 Å². The zero-order valence-corrected chi connectivity index (χ0v) is 16.1. The van der Waals surface area contributed by atoms with Gasteiger partial charge in [0.2, 0.25) is 11.8 Å². The Morgan fingerprint density at radius 2 is 2.11 bits per heavy atom. The summed E-state index contributed by atoms with van der Waals surface area (Å²) in [5, 5.41) is 11.6. The molecular weight excluding hydrogens is 358 g/mol. The molecule has 148 valence electrons. The maximum atomic E-state index is 13.1. The van der Waals surface area contributed by atoms with Gasteiger partial charge >= 0.3 is 0 Å². The third-order valence-electron chi connectivity index (χ3n) is 5.42. The Balaban J connectivity index is 1.47. The number of hydrogen-bond acceptors (Lipinski definition) is 5. The van der Waals surface area contributed by atoms with Crippen LogP contribution in [0.5, 0.6) is 0 Å². The number of likely N-dealkylation sites (tertiary alicyclic amines) is 1. The van der Waals surface area contributed by atoms with Crippen LogP contribution in [0.1, 0.15) is 32.0 Å². The van der Waals surface area contributed by atoms with E-state index in [-0.39, 0.29) is 18.4 Å². The predicted octanol–water partition coefficient (Wildman–Crippen LogP) is 1.32. The fourth-order valence-corrected chi connectivity index (χ4v) is 3.88. The average molecular weight is 383 g/mol. The minimum atomic E-state index is -0.925. The van der Waals surface area contributed by atoms with Gasteiger partial charge in [0.15, 0.2) is 11.6 Å². The summed E-state index contributed by atoms with van der Waals surface area (Å²) >= 11 is 0. The third kappa shape index (κ3) is 3.40. The number of carbonyl (C=O) groups excluding carboxylic acids is 2. The fourth-order valence-electron chi connectivity index (χ4n) is 3.88. The number of nitrogens with zero attached hydrogens (tertiary/aromatic N) is 4. The molecule has 0 saturated carbocycles. The van der Waals surface area contributed by atoms with Crippen molar-refractivity contribution in [2.75, 3.05) is 26.2 Å². The summed E-state index contributed by atoms with van der Waals surface area (Å²) in [5.41, 5.74) is -0.0131. The number of ether oxygens (including phenoxy) is 1. The zero-order valence-electron chi connectivity index (χ0n) is 16.1. The molecule has 0 aliphatic carbocycles. The predicted molar refractivity (Wildman–Crippen MR) is 102 cm³/mol. The molecule has 1 saturated heterocycles. The molecule has 2 aromatic rings. The van der Waals surface area contributed by atoms with Gasteiger partial charge in [-0.3, -0.25) is 14.2 Å². The van der Waals surface area contributed by atoms with E-state index in [0.29, 0.717) is 37.8 Å². The molecule has 8 nitrogen and oxygen atoms in total. The number of hydrogen-bond donors (Lipinski definition) is 1. The van der Waals surface area contributed by atoms with Crippen molar-refractivity contribution in [1.82, 2.24) is 25.0 Å². The van der Waals surface area contributed by atoms with Gasteiger partial charge in [-0.05, 0) is 19.8 Å². The van der Waals surface area contributed by atoms with Crippen molar-refractivity contribution < 1.29 is 14.3 Å². The van der Waals surface area contributed by atoms with Crippen LogP contribution in [0.3, 0.4) is 0 Å². The summed E-state index contributed by atoms with van der Waals surface area (Å²) < 4.78 is 7.54. The molecule has 8 heteroatoms. The van der Waals surface area contributed by atoms with Crippen molar-refractivity contribution in [1.29, 1.82) is 0 Å². The lowest BCUT2D eigenvalue weighted by Gasteiger charge is -2.35. The zero-order chi connectivity index (χ0) is 19.6. The van der Waals surface area contributed by atoms with Gasteiger partial charge < -0.3 is 15.0 Å². The van der Waals surface area contributed by atoms with Crippen LogP contribution < -0.4 is 5.32 Å².